The van der Waals surface area contributed by atoms with Crippen molar-refractivity contribution in [3.05, 3.63) is 82.6 Å². The number of thioether (sulfide) groups is 1. The summed E-state index contributed by atoms with van der Waals surface area (Å²) < 4.78 is 0. The number of carbonyl (C=O) groups excluding carboxylic acids is 1. The molecule has 0 saturated carbocycles. The van der Waals surface area contributed by atoms with Crippen molar-refractivity contribution in [2.75, 3.05) is 0 Å². The zero-order chi connectivity index (χ0) is 21.1. The van der Waals surface area contributed by atoms with Gasteiger partial charge in [0.15, 0.2) is 5.78 Å². The standard InChI is InChI=1S/C26H26N2OS/c1-17(2)19-11-13-20(14-12-19)24-21(15-27)26(30-16-18-7-4-3-5-8-18)28-22-9-6-10-23(29)25(22)24/h3-5,7-8,11-14,17,21,24H,6,9-10,16H2,1-2H3/t21?,24-/m0/s1. The van der Waals surface area contributed by atoms with Crippen LogP contribution in [0.4, 0.5) is 0 Å². The van der Waals surface area contributed by atoms with Crippen molar-refractivity contribution in [1.82, 2.24) is 0 Å². The van der Waals surface area contributed by atoms with E-state index in [1.54, 1.807) is 11.8 Å². The SMILES string of the molecule is CC(C)c1ccc([C@@H]2C3=C(CCCC3=O)N=C(SCc3ccccc3)C2C#N)cc1. The molecule has 0 radical (unpaired) electrons. The molecule has 4 rings (SSSR count). The smallest absolute Gasteiger partial charge is 0.161 e. The van der Waals surface area contributed by atoms with Crippen molar-refractivity contribution in [1.29, 1.82) is 5.26 Å². The van der Waals surface area contributed by atoms with Gasteiger partial charge in [-0.1, -0.05) is 68.4 Å². The summed E-state index contributed by atoms with van der Waals surface area (Å²) in [5.74, 6) is 0.722. The molecule has 1 unspecified atom stereocenters. The molecule has 152 valence electrons. The Labute approximate surface area is 182 Å². The van der Waals surface area contributed by atoms with Crippen molar-refractivity contribution in [3.8, 4) is 6.07 Å². The van der Waals surface area contributed by atoms with Gasteiger partial charge in [-0.2, -0.15) is 5.26 Å². The number of Topliss-reactive ketones (excluding diaryl/α,β-unsaturated/α-hetero) is 1. The largest absolute Gasteiger partial charge is 0.294 e. The minimum Gasteiger partial charge on any atom is -0.294 e. The molecular formula is C26H26N2OS. The van der Waals surface area contributed by atoms with Gasteiger partial charge in [-0.25, -0.2) is 4.99 Å². The summed E-state index contributed by atoms with van der Waals surface area (Å²) in [6.07, 6.45) is 2.21. The van der Waals surface area contributed by atoms with Crippen LogP contribution in [0.5, 0.6) is 0 Å². The number of hydrogen-bond donors (Lipinski definition) is 0. The second-order valence-corrected chi connectivity index (χ2v) is 9.26. The maximum atomic E-state index is 12.9. The number of hydrogen-bond acceptors (Lipinski definition) is 4. The Morgan fingerprint density at radius 3 is 2.50 bits per heavy atom. The molecule has 30 heavy (non-hydrogen) atoms. The molecule has 1 aliphatic carbocycles. The van der Waals surface area contributed by atoms with Gasteiger partial charge in [-0.3, -0.25) is 4.79 Å². The molecule has 3 nitrogen and oxygen atoms in total. The fourth-order valence-corrected chi connectivity index (χ4v) is 5.31. The Morgan fingerprint density at radius 1 is 1.10 bits per heavy atom. The third-order valence-electron chi connectivity index (χ3n) is 5.92. The monoisotopic (exact) mass is 414 g/mol. The number of rotatable bonds is 4. The number of aliphatic imine (C=N–C) groups is 1. The Hall–Kier alpha value is -2.64. The molecule has 2 aromatic carbocycles. The first kappa shape index (κ1) is 20.6. The van der Waals surface area contributed by atoms with E-state index in [1.807, 2.05) is 18.2 Å². The Balaban J connectivity index is 1.72. The number of nitriles is 1. The van der Waals surface area contributed by atoms with Crippen LogP contribution in [0, 0.1) is 17.2 Å². The predicted molar refractivity (Wildman–Crippen MR) is 123 cm³/mol. The molecule has 2 aliphatic rings. The maximum absolute atomic E-state index is 12.9. The quantitative estimate of drug-likeness (QED) is 0.583. The fraction of sp³-hybridized carbons (Fsp3) is 0.346. The Bertz CT molecular complexity index is 1030. The summed E-state index contributed by atoms with van der Waals surface area (Å²) in [6.45, 7) is 4.34. The number of nitrogens with zero attached hydrogens (tertiary/aromatic N) is 2. The molecule has 0 fully saturated rings. The Morgan fingerprint density at radius 2 is 1.83 bits per heavy atom. The molecule has 0 N–H and O–H groups in total. The highest BCUT2D eigenvalue weighted by Crippen LogP contribution is 2.45. The summed E-state index contributed by atoms with van der Waals surface area (Å²) in [7, 11) is 0. The molecule has 2 atom stereocenters. The van der Waals surface area contributed by atoms with E-state index in [0.29, 0.717) is 12.3 Å². The molecule has 1 heterocycles. The van der Waals surface area contributed by atoms with Gasteiger partial charge in [0.25, 0.3) is 0 Å². The van der Waals surface area contributed by atoms with Crippen LogP contribution in [0.3, 0.4) is 0 Å². The van der Waals surface area contributed by atoms with E-state index in [-0.39, 0.29) is 11.7 Å². The molecule has 0 spiro atoms. The van der Waals surface area contributed by atoms with Crippen molar-refractivity contribution < 1.29 is 4.79 Å². The van der Waals surface area contributed by atoms with Crippen LogP contribution >= 0.6 is 11.8 Å². The summed E-state index contributed by atoms with van der Waals surface area (Å²) >= 11 is 1.63. The minimum absolute atomic E-state index is 0.158. The maximum Gasteiger partial charge on any atom is 0.161 e. The van der Waals surface area contributed by atoms with Gasteiger partial charge in [-0.15, -0.1) is 11.8 Å². The minimum atomic E-state index is -0.426. The topological polar surface area (TPSA) is 53.2 Å². The third kappa shape index (κ3) is 4.13. The van der Waals surface area contributed by atoms with Gasteiger partial charge in [0.05, 0.1) is 11.1 Å². The molecule has 1 aliphatic heterocycles. The van der Waals surface area contributed by atoms with Crippen molar-refractivity contribution in [3.63, 3.8) is 0 Å². The lowest BCUT2D eigenvalue weighted by molar-refractivity contribution is -0.116. The van der Waals surface area contributed by atoms with Gasteiger partial charge in [0, 0.05) is 29.4 Å². The van der Waals surface area contributed by atoms with E-state index in [2.05, 4.69) is 56.3 Å². The van der Waals surface area contributed by atoms with Crippen LogP contribution in [-0.2, 0) is 10.5 Å². The van der Waals surface area contributed by atoms with Gasteiger partial charge >= 0.3 is 0 Å². The van der Waals surface area contributed by atoms with E-state index in [1.165, 1.54) is 11.1 Å². The van der Waals surface area contributed by atoms with E-state index < -0.39 is 5.92 Å². The molecule has 4 heteroatoms. The first-order valence-electron chi connectivity index (χ1n) is 10.6. The van der Waals surface area contributed by atoms with Crippen LogP contribution in [0.15, 0.2) is 70.9 Å². The highest BCUT2D eigenvalue weighted by atomic mass is 32.2. The van der Waals surface area contributed by atoms with Crippen LogP contribution in [0.1, 0.15) is 61.6 Å². The lowest BCUT2D eigenvalue weighted by Crippen LogP contribution is -2.30. The van der Waals surface area contributed by atoms with Crippen LogP contribution < -0.4 is 0 Å². The fourth-order valence-electron chi connectivity index (χ4n) is 4.26. The summed E-state index contributed by atoms with van der Waals surface area (Å²) in [6, 6.07) is 21.2. The van der Waals surface area contributed by atoms with Crippen molar-refractivity contribution in [2.45, 2.75) is 50.7 Å². The zero-order valence-electron chi connectivity index (χ0n) is 17.5. The number of benzene rings is 2. The van der Waals surface area contributed by atoms with E-state index >= 15 is 0 Å². The van der Waals surface area contributed by atoms with Gasteiger partial charge in [0.2, 0.25) is 0 Å². The zero-order valence-corrected chi connectivity index (χ0v) is 18.3. The van der Waals surface area contributed by atoms with Crippen LogP contribution in [0.2, 0.25) is 0 Å². The second-order valence-electron chi connectivity index (χ2n) is 8.27. The molecule has 0 aromatic heterocycles. The summed E-state index contributed by atoms with van der Waals surface area (Å²) in [5.41, 5.74) is 5.18. The lowest BCUT2D eigenvalue weighted by Gasteiger charge is -2.33. The van der Waals surface area contributed by atoms with Crippen molar-refractivity contribution >= 4 is 22.6 Å². The van der Waals surface area contributed by atoms with E-state index in [4.69, 9.17) is 4.99 Å². The second kappa shape index (κ2) is 9.02. The first-order chi connectivity index (χ1) is 14.6. The summed E-state index contributed by atoms with van der Waals surface area (Å²) in [4.78, 5) is 17.8. The number of allylic oxidation sites excluding steroid dienone is 2. The third-order valence-corrected chi connectivity index (χ3v) is 7.03. The number of ketones is 1. The number of carbonyl (C=O) groups is 1. The van der Waals surface area contributed by atoms with E-state index in [0.717, 1.165) is 40.5 Å². The normalized spacial score (nSPS) is 21.3. The van der Waals surface area contributed by atoms with Gasteiger partial charge in [-0.05, 0) is 35.4 Å². The average Bonchev–Trinajstić information content (AvgIpc) is 2.77. The Kier molecular flexibility index (Phi) is 6.20. The predicted octanol–water partition coefficient (Wildman–Crippen LogP) is 6.39. The molecule has 2 aromatic rings. The first-order valence-corrected chi connectivity index (χ1v) is 11.6. The highest BCUT2D eigenvalue weighted by molar-refractivity contribution is 8.13. The van der Waals surface area contributed by atoms with Crippen molar-refractivity contribution in [2.24, 2.45) is 10.9 Å². The highest BCUT2D eigenvalue weighted by Gasteiger charge is 2.40. The molecular weight excluding hydrogens is 388 g/mol. The van der Waals surface area contributed by atoms with Crippen LogP contribution in [0.25, 0.3) is 0 Å². The summed E-state index contributed by atoms with van der Waals surface area (Å²) in [5, 5.41) is 11.0. The molecule has 0 bridgehead atoms. The van der Waals surface area contributed by atoms with E-state index in [9.17, 15) is 10.1 Å². The van der Waals surface area contributed by atoms with Gasteiger partial charge < -0.3 is 0 Å². The van der Waals surface area contributed by atoms with Gasteiger partial charge in [0.1, 0.15) is 5.92 Å². The average molecular weight is 415 g/mol. The molecule has 0 saturated heterocycles. The molecule has 0 amide bonds. The van der Waals surface area contributed by atoms with Crippen LogP contribution in [-0.4, -0.2) is 10.8 Å². The lowest BCUT2D eigenvalue weighted by atomic mass is 9.74.